The highest BCUT2D eigenvalue weighted by molar-refractivity contribution is 7.15. The number of hydrogen-bond donors (Lipinski definition) is 2. The predicted molar refractivity (Wildman–Crippen MR) is 64.8 cm³/mol. The van der Waals surface area contributed by atoms with Crippen LogP contribution in [0, 0.1) is 6.92 Å². The third kappa shape index (κ3) is 2.56. The summed E-state index contributed by atoms with van der Waals surface area (Å²) in [6.07, 6.45) is 0. The molecule has 2 rings (SSSR count). The minimum absolute atomic E-state index is 0.394. The summed E-state index contributed by atoms with van der Waals surface area (Å²) in [7, 11) is 0. The summed E-state index contributed by atoms with van der Waals surface area (Å²) in [5, 5.41) is 14.4. The lowest BCUT2D eigenvalue weighted by molar-refractivity contribution is 0.100. The Bertz CT molecular complexity index is 505. The van der Waals surface area contributed by atoms with E-state index >= 15 is 0 Å². The molecule has 1 amide bonds. The zero-order chi connectivity index (χ0) is 11.5. The van der Waals surface area contributed by atoms with Crippen molar-refractivity contribution in [3.63, 3.8) is 0 Å². The highest BCUT2D eigenvalue weighted by Crippen LogP contribution is 2.18. The maximum atomic E-state index is 10.9. The van der Waals surface area contributed by atoms with Gasteiger partial charge < -0.3 is 11.1 Å². The number of carbonyl (C=O) groups excluding carboxylic acids is 1. The van der Waals surface area contributed by atoms with Gasteiger partial charge in [0.1, 0.15) is 5.01 Å². The number of primary amides is 1. The molecule has 0 spiro atoms. The molecule has 0 aliphatic carbocycles. The maximum Gasteiger partial charge on any atom is 0.249 e. The third-order valence-electron chi connectivity index (χ3n) is 1.88. The number of anilines is 1. The normalized spacial score (nSPS) is 10.3. The molecule has 16 heavy (non-hydrogen) atoms. The molecule has 2 heterocycles. The second-order valence-electron chi connectivity index (χ2n) is 3.15. The molecule has 0 unspecified atom stereocenters. The average Bonchev–Trinajstić information content (AvgIpc) is 2.83. The number of aromatic nitrogens is 2. The second-order valence-corrected chi connectivity index (χ2v) is 5.32. The van der Waals surface area contributed by atoms with Crippen molar-refractivity contribution < 1.29 is 4.79 Å². The lowest BCUT2D eigenvalue weighted by Crippen LogP contribution is -2.09. The van der Waals surface area contributed by atoms with E-state index in [4.69, 9.17) is 5.73 Å². The Morgan fingerprint density at radius 1 is 1.56 bits per heavy atom. The van der Waals surface area contributed by atoms with Gasteiger partial charge in [0.05, 0.1) is 12.1 Å². The van der Waals surface area contributed by atoms with E-state index in [0.717, 1.165) is 15.0 Å². The number of rotatable bonds is 4. The van der Waals surface area contributed by atoms with Crippen molar-refractivity contribution in [3.8, 4) is 0 Å². The maximum absolute atomic E-state index is 10.9. The van der Waals surface area contributed by atoms with Crippen LogP contribution < -0.4 is 11.1 Å². The second kappa shape index (κ2) is 4.58. The largest absolute Gasteiger partial charge is 0.366 e. The molecular weight excluding hydrogens is 244 g/mol. The van der Waals surface area contributed by atoms with Gasteiger partial charge in [-0.05, 0) is 13.0 Å². The highest BCUT2D eigenvalue weighted by atomic mass is 32.1. The molecule has 84 valence electrons. The van der Waals surface area contributed by atoms with Crippen molar-refractivity contribution in [2.45, 2.75) is 13.5 Å². The van der Waals surface area contributed by atoms with Crippen molar-refractivity contribution >= 4 is 33.7 Å². The van der Waals surface area contributed by atoms with Gasteiger partial charge in [-0.2, -0.15) is 0 Å². The molecule has 2 aromatic rings. The van der Waals surface area contributed by atoms with Gasteiger partial charge in [-0.3, -0.25) is 4.79 Å². The summed E-state index contributed by atoms with van der Waals surface area (Å²) >= 11 is 3.00. The van der Waals surface area contributed by atoms with Crippen molar-refractivity contribution in [2.24, 2.45) is 5.73 Å². The van der Waals surface area contributed by atoms with Gasteiger partial charge in [-0.25, -0.2) is 0 Å². The number of aryl methyl sites for hydroxylation is 1. The Labute approximate surface area is 100 Å². The van der Waals surface area contributed by atoms with Crippen LogP contribution in [0.2, 0.25) is 0 Å². The summed E-state index contributed by atoms with van der Waals surface area (Å²) in [6, 6.07) is 1.79. The number of carbonyl (C=O) groups is 1. The number of thiophene rings is 1. The van der Waals surface area contributed by atoms with Crippen LogP contribution in [-0.2, 0) is 6.54 Å². The summed E-state index contributed by atoms with van der Waals surface area (Å²) in [4.78, 5) is 11.9. The number of nitrogens with two attached hydrogens (primary N) is 1. The first kappa shape index (κ1) is 11.0. The van der Waals surface area contributed by atoms with Crippen LogP contribution in [0.15, 0.2) is 11.4 Å². The Morgan fingerprint density at radius 2 is 2.38 bits per heavy atom. The van der Waals surface area contributed by atoms with E-state index in [2.05, 4.69) is 15.5 Å². The first-order valence-electron chi connectivity index (χ1n) is 4.56. The molecule has 3 N–H and O–H groups in total. The summed E-state index contributed by atoms with van der Waals surface area (Å²) in [6.45, 7) is 2.53. The molecule has 5 nitrogen and oxygen atoms in total. The van der Waals surface area contributed by atoms with E-state index in [0.29, 0.717) is 12.1 Å². The van der Waals surface area contributed by atoms with Gasteiger partial charge in [-0.1, -0.05) is 11.3 Å². The number of amides is 1. The molecule has 0 fully saturated rings. The molecule has 2 aromatic heterocycles. The summed E-state index contributed by atoms with van der Waals surface area (Å²) < 4.78 is 0. The molecular formula is C9H10N4OS2. The van der Waals surface area contributed by atoms with Crippen LogP contribution in [-0.4, -0.2) is 16.1 Å². The Kier molecular flexibility index (Phi) is 3.16. The molecule has 0 aliphatic heterocycles. The summed E-state index contributed by atoms with van der Waals surface area (Å²) in [5.41, 5.74) is 5.72. The van der Waals surface area contributed by atoms with Crippen molar-refractivity contribution in [1.29, 1.82) is 0 Å². The van der Waals surface area contributed by atoms with Gasteiger partial charge in [0.25, 0.3) is 0 Å². The number of nitrogens with zero attached hydrogens (tertiary/aromatic N) is 2. The smallest absolute Gasteiger partial charge is 0.249 e. The average molecular weight is 254 g/mol. The Balaban J connectivity index is 1.97. The zero-order valence-electron chi connectivity index (χ0n) is 8.56. The van der Waals surface area contributed by atoms with E-state index in [1.807, 2.05) is 6.92 Å². The van der Waals surface area contributed by atoms with E-state index in [9.17, 15) is 4.79 Å². The van der Waals surface area contributed by atoms with Crippen LogP contribution in [0.1, 0.15) is 20.2 Å². The van der Waals surface area contributed by atoms with Crippen molar-refractivity contribution in [1.82, 2.24) is 10.2 Å². The SMILES string of the molecule is Cc1nnc(NCc2cc(C(N)=O)cs2)s1. The highest BCUT2D eigenvalue weighted by Gasteiger charge is 2.05. The molecule has 0 bridgehead atoms. The Hall–Kier alpha value is -1.47. The van der Waals surface area contributed by atoms with Gasteiger partial charge in [0.2, 0.25) is 11.0 Å². The predicted octanol–water partition coefficient (Wildman–Crippen LogP) is 1.62. The molecule has 0 atom stereocenters. The summed E-state index contributed by atoms with van der Waals surface area (Å²) in [5.74, 6) is -0.394. The molecule has 7 heteroatoms. The number of hydrogen-bond acceptors (Lipinski definition) is 6. The molecule has 0 saturated carbocycles. The lowest BCUT2D eigenvalue weighted by atomic mass is 10.3. The fraction of sp³-hybridized carbons (Fsp3) is 0.222. The quantitative estimate of drug-likeness (QED) is 0.868. The molecule has 0 aromatic carbocycles. The first-order valence-corrected chi connectivity index (χ1v) is 6.26. The van der Waals surface area contributed by atoms with E-state index in [-0.39, 0.29) is 0 Å². The van der Waals surface area contributed by atoms with E-state index < -0.39 is 5.91 Å². The fourth-order valence-corrected chi connectivity index (χ4v) is 2.53. The molecule has 0 saturated heterocycles. The topological polar surface area (TPSA) is 80.9 Å². The van der Waals surface area contributed by atoms with Crippen LogP contribution in [0.4, 0.5) is 5.13 Å². The zero-order valence-corrected chi connectivity index (χ0v) is 10.2. The van der Waals surface area contributed by atoms with E-state index in [1.165, 1.54) is 22.7 Å². The first-order chi connectivity index (χ1) is 7.65. The van der Waals surface area contributed by atoms with Gasteiger partial charge in [-0.15, -0.1) is 21.5 Å². The minimum Gasteiger partial charge on any atom is -0.366 e. The van der Waals surface area contributed by atoms with Crippen LogP contribution in [0.3, 0.4) is 0 Å². The molecule has 0 aliphatic rings. The van der Waals surface area contributed by atoms with Gasteiger partial charge >= 0.3 is 0 Å². The minimum atomic E-state index is -0.394. The van der Waals surface area contributed by atoms with Gasteiger partial charge in [0, 0.05) is 10.3 Å². The fourth-order valence-electron chi connectivity index (χ4n) is 1.13. The van der Waals surface area contributed by atoms with Crippen LogP contribution in [0.25, 0.3) is 0 Å². The van der Waals surface area contributed by atoms with E-state index in [1.54, 1.807) is 11.4 Å². The van der Waals surface area contributed by atoms with Gasteiger partial charge in [0.15, 0.2) is 0 Å². The molecule has 0 radical (unpaired) electrons. The lowest BCUT2D eigenvalue weighted by Gasteiger charge is -1.97. The van der Waals surface area contributed by atoms with Crippen LogP contribution in [0.5, 0.6) is 0 Å². The monoisotopic (exact) mass is 254 g/mol. The van der Waals surface area contributed by atoms with Crippen molar-refractivity contribution in [3.05, 3.63) is 26.9 Å². The number of nitrogens with one attached hydrogen (secondary N) is 1. The Morgan fingerprint density at radius 3 is 2.94 bits per heavy atom. The third-order valence-corrected chi connectivity index (χ3v) is 3.61. The van der Waals surface area contributed by atoms with Crippen LogP contribution >= 0.6 is 22.7 Å². The van der Waals surface area contributed by atoms with Crippen molar-refractivity contribution in [2.75, 3.05) is 5.32 Å². The standard InChI is InChI=1S/C9H10N4OS2/c1-5-12-13-9(16-5)11-3-7-2-6(4-15-7)8(10)14/h2,4H,3H2,1H3,(H2,10,14)(H,11,13).